The van der Waals surface area contributed by atoms with Crippen LogP contribution in [0.5, 0.6) is 0 Å². The molecule has 0 fully saturated rings. The van der Waals surface area contributed by atoms with Gasteiger partial charge in [-0.1, -0.05) is 243 Å². The Balaban J connectivity index is 0.857. The maximum Gasteiger partial charge on any atom is 0.0755 e. The average molecular weight is 1100 g/mol. The van der Waals surface area contributed by atoms with E-state index in [1.54, 1.807) is 0 Å². The summed E-state index contributed by atoms with van der Waals surface area (Å²) in [5.41, 5.74) is 29.9. The fourth-order valence-corrected chi connectivity index (χ4v) is 17.1. The fourth-order valence-electron chi connectivity index (χ4n) is 17.1. The van der Waals surface area contributed by atoms with Gasteiger partial charge < -0.3 is 14.0 Å². The van der Waals surface area contributed by atoms with Gasteiger partial charge in [-0.2, -0.15) is 0 Å². The molecule has 0 N–H and O–H groups in total. The first-order valence-electron chi connectivity index (χ1n) is 30.4. The van der Waals surface area contributed by atoms with Crippen LogP contribution in [0, 0.1) is 0 Å². The molecule has 20 rings (SSSR count). The van der Waals surface area contributed by atoms with Gasteiger partial charge >= 0.3 is 0 Å². The highest BCUT2D eigenvalue weighted by Gasteiger charge is 2.54. The molecule has 3 nitrogen and oxygen atoms in total. The summed E-state index contributed by atoms with van der Waals surface area (Å²) in [5, 5.41) is 7.49. The minimum Gasteiger partial charge on any atom is -0.310 e. The van der Waals surface area contributed by atoms with Gasteiger partial charge in [-0.3, -0.25) is 0 Å². The zero-order chi connectivity index (χ0) is 56.7. The number of rotatable bonds is 5. The van der Waals surface area contributed by atoms with Crippen molar-refractivity contribution < 1.29 is 0 Å². The molecule has 1 unspecified atom stereocenters. The Morgan fingerprint density at radius 2 is 0.713 bits per heavy atom. The predicted octanol–water partition coefficient (Wildman–Crippen LogP) is 21.2. The van der Waals surface area contributed by atoms with Crippen LogP contribution in [0.2, 0.25) is 0 Å². The number of hydrogen-bond donors (Lipinski definition) is 0. The molecule has 4 aliphatic rings. The van der Waals surface area contributed by atoms with E-state index in [1.165, 1.54) is 138 Å². The third-order valence-corrected chi connectivity index (χ3v) is 20.3. The van der Waals surface area contributed by atoms with E-state index < -0.39 is 10.8 Å². The van der Waals surface area contributed by atoms with Gasteiger partial charge in [-0.15, -0.1) is 0 Å². The number of benzene rings is 14. The first-order chi connectivity index (χ1) is 43.2. The zero-order valence-corrected chi connectivity index (χ0v) is 47.3. The molecular formula is C84H51N3. The molecule has 0 amide bonds. The van der Waals surface area contributed by atoms with Gasteiger partial charge in [0.25, 0.3) is 0 Å². The van der Waals surface area contributed by atoms with Crippen LogP contribution in [0.15, 0.2) is 309 Å². The first-order valence-corrected chi connectivity index (χ1v) is 30.4. The van der Waals surface area contributed by atoms with Crippen molar-refractivity contribution in [1.29, 1.82) is 0 Å². The molecule has 0 saturated carbocycles. The van der Waals surface area contributed by atoms with Gasteiger partial charge in [-0.25, -0.2) is 0 Å². The Kier molecular flexibility index (Phi) is 9.32. The van der Waals surface area contributed by atoms with Crippen molar-refractivity contribution in [2.24, 2.45) is 0 Å². The Labute approximate surface area is 503 Å². The van der Waals surface area contributed by atoms with Gasteiger partial charge in [0.05, 0.1) is 44.3 Å². The van der Waals surface area contributed by atoms with Crippen molar-refractivity contribution in [3.63, 3.8) is 0 Å². The van der Waals surface area contributed by atoms with Gasteiger partial charge in [-0.05, 0) is 161 Å². The second kappa shape index (κ2) is 17.2. The second-order valence-electron chi connectivity index (χ2n) is 24.1. The molecule has 3 aliphatic carbocycles. The third-order valence-electron chi connectivity index (χ3n) is 20.3. The SMILES string of the molecule is c1cc(-c2ccc(N(c3ccc4c(c3)C3(c5ccccc5-4)c4ccccc4-n4c5ccccc5c5cccc3c54)c3cc4c(c5ccccc35)-c3ccccc3C43c4ccccc4-c4ccccc43)cc2)cc(-n2c3ccccc3c3ccccc32)c1. The molecule has 3 heteroatoms. The van der Waals surface area contributed by atoms with E-state index in [2.05, 4.69) is 323 Å². The van der Waals surface area contributed by atoms with E-state index in [0.717, 1.165) is 33.9 Å². The summed E-state index contributed by atoms with van der Waals surface area (Å²) < 4.78 is 4.96. The molecule has 16 aromatic rings. The van der Waals surface area contributed by atoms with E-state index in [4.69, 9.17) is 0 Å². The second-order valence-corrected chi connectivity index (χ2v) is 24.1. The van der Waals surface area contributed by atoms with Gasteiger partial charge in [0.15, 0.2) is 0 Å². The molecule has 1 aliphatic heterocycles. The van der Waals surface area contributed by atoms with Crippen molar-refractivity contribution in [2.75, 3.05) is 4.90 Å². The molecule has 1 atom stereocenters. The summed E-state index contributed by atoms with van der Waals surface area (Å²) >= 11 is 0. The van der Waals surface area contributed by atoms with E-state index in [-0.39, 0.29) is 0 Å². The number of hydrogen-bond acceptors (Lipinski definition) is 1. The van der Waals surface area contributed by atoms with Crippen molar-refractivity contribution in [3.05, 3.63) is 354 Å². The number of fused-ring (bicyclic) bond motifs is 27. The number of nitrogens with zero attached hydrogens (tertiary/aromatic N) is 3. The molecule has 14 aromatic carbocycles. The highest BCUT2D eigenvalue weighted by Crippen LogP contribution is 2.66. The maximum absolute atomic E-state index is 2.59. The van der Waals surface area contributed by atoms with Crippen LogP contribution in [-0.4, -0.2) is 9.13 Å². The van der Waals surface area contributed by atoms with Crippen LogP contribution in [0.25, 0.3) is 110 Å². The summed E-state index contributed by atoms with van der Waals surface area (Å²) in [6, 6.07) is 117. The molecule has 402 valence electrons. The fraction of sp³-hybridized carbons (Fsp3) is 0.0238. The Morgan fingerprint density at radius 3 is 1.37 bits per heavy atom. The summed E-state index contributed by atoms with van der Waals surface area (Å²) in [4.78, 5) is 2.59. The molecule has 0 bridgehead atoms. The number of para-hydroxylation sites is 5. The van der Waals surface area contributed by atoms with Crippen LogP contribution in [0.3, 0.4) is 0 Å². The maximum atomic E-state index is 2.59. The van der Waals surface area contributed by atoms with Crippen molar-refractivity contribution in [3.8, 4) is 55.9 Å². The number of aromatic nitrogens is 2. The molecule has 2 aromatic heterocycles. The summed E-state index contributed by atoms with van der Waals surface area (Å²) in [6.07, 6.45) is 0. The highest BCUT2D eigenvalue weighted by atomic mass is 15.1. The zero-order valence-electron chi connectivity index (χ0n) is 47.3. The lowest BCUT2D eigenvalue weighted by Gasteiger charge is -2.40. The first kappa shape index (κ1) is 47.1. The normalized spacial score (nSPS) is 15.0. The lowest BCUT2D eigenvalue weighted by molar-refractivity contribution is 0.748. The van der Waals surface area contributed by atoms with Gasteiger partial charge in [0.2, 0.25) is 0 Å². The predicted molar refractivity (Wildman–Crippen MR) is 360 cm³/mol. The summed E-state index contributed by atoms with van der Waals surface area (Å²) in [5.74, 6) is 0. The molecule has 3 heterocycles. The molecule has 87 heavy (non-hydrogen) atoms. The lowest BCUT2D eigenvalue weighted by atomic mass is 9.65. The van der Waals surface area contributed by atoms with Crippen LogP contribution in [-0.2, 0) is 10.8 Å². The Morgan fingerprint density at radius 1 is 0.253 bits per heavy atom. The summed E-state index contributed by atoms with van der Waals surface area (Å²) in [7, 11) is 0. The lowest BCUT2D eigenvalue weighted by Crippen LogP contribution is -2.33. The van der Waals surface area contributed by atoms with Crippen LogP contribution in [0.1, 0.15) is 44.5 Å². The molecule has 2 spiro atoms. The molecule has 0 radical (unpaired) electrons. The van der Waals surface area contributed by atoms with Crippen molar-refractivity contribution in [1.82, 2.24) is 9.13 Å². The van der Waals surface area contributed by atoms with E-state index in [0.29, 0.717) is 0 Å². The quantitative estimate of drug-likeness (QED) is 0.167. The summed E-state index contributed by atoms with van der Waals surface area (Å²) in [6.45, 7) is 0. The van der Waals surface area contributed by atoms with E-state index >= 15 is 0 Å². The monoisotopic (exact) mass is 1100 g/mol. The van der Waals surface area contributed by atoms with Crippen molar-refractivity contribution >= 4 is 71.4 Å². The average Bonchev–Trinajstić information content (AvgIpc) is 1.54. The van der Waals surface area contributed by atoms with Crippen LogP contribution in [0.4, 0.5) is 17.1 Å². The smallest absolute Gasteiger partial charge is 0.0755 e. The third kappa shape index (κ3) is 5.91. The largest absolute Gasteiger partial charge is 0.310 e. The molecule has 0 saturated heterocycles. The van der Waals surface area contributed by atoms with Crippen LogP contribution < -0.4 is 4.90 Å². The Bertz CT molecular complexity index is 5580. The van der Waals surface area contributed by atoms with Gasteiger partial charge in [0, 0.05) is 44.0 Å². The van der Waals surface area contributed by atoms with E-state index in [1.807, 2.05) is 0 Å². The molecular weight excluding hydrogens is 1050 g/mol. The standard InChI is InChI=1S/C84H51N3/c1-2-30-65-63(28-1)80(51-75-81(65)67-31-6-13-36-71(67)83(75)68-33-10-3-23-57(68)58-24-4-11-34-69(58)83)85(54-45-43-52(44-46-54)53-21-19-22-55(49-53)86-76-39-15-7-26-61(76)62-27-8-16-40-77(62)86)56-47-48-60-59-25-5-12-35-70(59)84(74(60)50-56)72-37-14-18-42-79(72)87-78-41-17-9-29-64(78)66-32-20-38-73(84)82(66)87/h1-51H. The minimum absolute atomic E-state index is 0.554. The highest BCUT2D eigenvalue weighted by molar-refractivity contribution is 6.15. The van der Waals surface area contributed by atoms with E-state index in [9.17, 15) is 0 Å². The van der Waals surface area contributed by atoms with Crippen molar-refractivity contribution in [2.45, 2.75) is 10.8 Å². The van der Waals surface area contributed by atoms with Crippen LogP contribution >= 0.6 is 0 Å². The van der Waals surface area contributed by atoms with Gasteiger partial charge in [0.1, 0.15) is 0 Å². The minimum atomic E-state index is -0.637. The number of anilines is 3. The topological polar surface area (TPSA) is 13.1 Å². The Hall–Kier alpha value is -11.3.